The predicted octanol–water partition coefficient (Wildman–Crippen LogP) is 4.37. The number of ether oxygens (including phenoxy) is 3. The largest absolute Gasteiger partial charge is 0.508 e. The van der Waals surface area contributed by atoms with E-state index in [4.69, 9.17) is 14.2 Å². The Kier molecular flexibility index (Phi) is 8.41. The number of nitrogens with one attached hydrogen (secondary N) is 1. The van der Waals surface area contributed by atoms with Crippen LogP contribution in [0.25, 0.3) is 10.9 Å². The fourth-order valence-electron chi connectivity index (χ4n) is 5.07. The van der Waals surface area contributed by atoms with Crippen molar-refractivity contribution < 1.29 is 54.8 Å². The lowest BCUT2D eigenvalue weighted by Gasteiger charge is -2.34. The lowest BCUT2D eigenvalue weighted by Crippen LogP contribution is -2.34. The minimum absolute atomic E-state index is 0.0461. The number of esters is 1. The molecule has 1 aliphatic rings. The second-order valence-electron chi connectivity index (χ2n) is 10.4. The molecule has 0 fully saturated rings. The third-order valence-corrected chi connectivity index (χ3v) is 7.33. The van der Waals surface area contributed by atoms with Crippen LogP contribution in [0.2, 0.25) is 0 Å². The number of aromatic amines is 1. The summed E-state index contributed by atoms with van der Waals surface area (Å²) in [6.07, 6.45) is -2.12. The van der Waals surface area contributed by atoms with Gasteiger partial charge in [-0.2, -0.15) is 0 Å². The number of aromatic nitrogens is 1. The number of rotatable bonds is 4. The highest BCUT2D eigenvalue weighted by atomic mass is 16.6. The summed E-state index contributed by atoms with van der Waals surface area (Å²) in [5.74, 6) is -3.73. The molecule has 2 heterocycles. The number of benzene rings is 4. The van der Waals surface area contributed by atoms with E-state index in [0.717, 1.165) is 34.7 Å². The number of pyridine rings is 1. The molecule has 2 unspecified atom stereocenters. The zero-order valence-corrected chi connectivity index (χ0v) is 24.4. The number of aromatic hydroxyl groups is 7. The van der Waals surface area contributed by atoms with Gasteiger partial charge in [0.2, 0.25) is 5.56 Å². The van der Waals surface area contributed by atoms with Crippen LogP contribution in [-0.4, -0.2) is 59.9 Å². The van der Waals surface area contributed by atoms with Crippen LogP contribution in [0, 0.1) is 6.92 Å². The van der Waals surface area contributed by atoms with E-state index in [2.05, 4.69) is 4.98 Å². The van der Waals surface area contributed by atoms with Crippen molar-refractivity contribution in [1.82, 2.24) is 4.98 Å². The van der Waals surface area contributed by atoms with Crippen molar-refractivity contribution in [2.75, 3.05) is 7.11 Å². The summed E-state index contributed by atoms with van der Waals surface area (Å²) in [6.45, 7) is 1.91. The fourth-order valence-corrected chi connectivity index (χ4v) is 5.07. The Morgan fingerprint density at radius 1 is 0.848 bits per heavy atom. The summed E-state index contributed by atoms with van der Waals surface area (Å²) in [5, 5.41) is 69.3. The minimum atomic E-state index is -1.06. The molecule has 5 aromatic rings. The van der Waals surface area contributed by atoms with Gasteiger partial charge in [-0.05, 0) is 42.8 Å². The minimum Gasteiger partial charge on any atom is -0.508 e. The number of carbonyl (C=O) groups excluding carboxylic acids is 1. The molecular formula is C33H29NO12. The first-order chi connectivity index (χ1) is 21.9. The second kappa shape index (κ2) is 12.4. The SMILES string of the molecule is COc1cccc2c(C)cc(=O)[nH]c12.O=C(OC1Cc2c(O)cc(O)cc2OC1c1ccc(O)c(O)c1)c1cc(O)c(O)c(O)c1. The van der Waals surface area contributed by atoms with E-state index in [1.807, 2.05) is 25.1 Å². The number of phenols is 7. The molecule has 4 aromatic carbocycles. The number of hydrogen-bond acceptors (Lipinski definition) is 12. The third-order valence-electron chi connectivity index (χ3n) is 7.33. The first-order valence-electron chi connectivity index (χ1n) is 13.7. The first-order valence-corrected chi connectivity index (χ1v) is 13.7. The Morgan fingerprint density at radius 2 is 1.57 bits per heavy atom. The summed E-state index contributed by atoms with van der Waals surface area (Å²) in [7, 11) is 1.59. The highest BCUT2D eigenvalue weighted by molar-refractivity contribution is 5.91. The third kappa shape index (κ3) is 6.19. The number of fused-ring (bicyclic) bond motifs is 2. The molecular weight excluding hydrogens is 602 g/mol. The standard InChI is InChI=1S/C22H18O10.C11H11NO2/c23-11-6-14(25)12-8-19(32-22(30)10-4-16(27)20(29)17(28)5-10)21(31-18(12)7-11)9-1-2-13(24)15(26)3-9;1-7-6-10(13)12-11-8(7)4-3-5-9(11)14-2/h1-7,19,21,23-29H,8H2;3-6H,1-2H3,(H,12,13). The molecule has 0 amide bonds. The van der Waals surface area contributed by atoms with E-state index in [0.29, 0.717) is 11.3 Å². The highest BCUT2D eigenvalue weighted by Crippen LogP contribution is 2.44. The smallest absolute Gasteiger partial charge is 0.338 e. The van der Waals surface area contributed by atoms with Gasteiger partial charge in [0.05, 0.1) is 18.2 Å². The molecule has 1 aromatic heterocycles. The number of phenolic OH excluding ortho intramolecular Hbond substituents is 7. The van der Waals surface area contributed by atoms with Crippen molar-refractivity contribution in [3.05, 3.63) is 99.3 Å². The van der Waals surface area contributed by atoms with E-state index in [1.54, 1.807) is 13.2 Å². The summed E-state index contributed by atoms with van der Waals surface area (Å²) in [5.41, 5.74) is 1.95. The quantitative estimate of drug-likeness (QED) is 0.102. The lowest BCUT2D eigenvalue weighted by molar-refractivity contribution is -0.0189. The molecule has 238 valence electrons. The maximum atomic E-state index is 12.7. The van der Waals surface area contributed by atoms with Crippen molar-refractivity contribution in [1.29, 1.82) is 0 Å². The molecule has 0 radical (unpaired) electrons. The van der Waals surface area contributed by atoms with Crippen LogP contribution in [-0.2, 0) is 11.2 Å². The maximum Gasteiger partial charge on any atom is 0.338 e. The van der Waals surface area contributed by atoms with E-state index >= 15 is 0 Å². The van der Waals surface area contributed by atoms with Gasteiger partial charge >= 0.3 is 5.97 Å². The molecule has 13 nitrogen and oxygen atoms in total. The average molecular weight is 632 g/mol. The monoisotopic (exact) mass is 631 g/mol. The lowest BCUT2D eigenvalue weighted by atomic mass is 9.93. The van der Waals surface area contributed by atoms with E-state index < -0.39 is 41.2 Å². The second-order valence-corrected chi connectivity index (χ2v) is 10.4. The maximum absolute atomic E-state index is 12.7. The molecule has 0 saturated heterocycles. The van der Waals surface area contributed by atoms with Crippen LogP contribution in [0.15, 0.2) is 71.5 Å². The summed E-state index contributed by atoms with van der Waals surface area (Å²) in [4.78, 5) is 26.7. The molecule has 0 spiro atoms. The van der Waals surface area contributed by atoms with Crippen LogP contribution < -0.4 is 15.0 Å². The number of H-pyrrole nitrogens is 1. The van der Waals surface area contributed by atoms with Gasteiger partial charge in [0.25, 0.3) is 0 Å². The van der Waals surface area contributed by atoms with Gasteiger partial charge in [-0.3, -0.25) is 4.79 Å². The summed E-state index contributed by atoms with van der Waals surface area (Å²) in [6, 6.07) is 15.4. The zero-order chi connectivity index (χ0) is 33.3. The van der Waals surface area contributed by atoms with Crippen molar-refractivity contribution in [3.63, 3.8) is 0 Å². The summed E-state index contributed by atoms with van der Waals surface area (Å²) >= 11 is 0. The number of carbonyl (C=O) groups is 1. The molecule has 1 aliphatic heterocycles. The molecule has 6 rings (SSSR count). The number of methoxy groups -OCH3 is 1. The Balaban J connectivity index is 0.000000247. The first kappa shape index (κ1) is 31.2. The van der Waals surface area contributed by atoms with Crippen LogP contribution in [0.4, 0.5) is 0 Å². The van der Waals surface area contributed by atoms with Gasteiger partial charge < -0.3 is 54.9 Å². The topological polar surface area (TPSA) is 219 Å². The molecule has 13 heteroatoms. The van der Waals surface area contributed by atoms with E-state index in [9.17, 15) is 45.3 Å². The summed E-state index contributed by atoms with van der Waals surface area (Å²) < 4.78 is 16.6. The van der Waals surface area contributed by atoms with Crippen LogP contribution in [0.5, 0.6) is 51.7 Å². The fraction of sp³-hybridized carbons (Fsp3) is 0.152. The Bertz CT molecular complexity index is 2000. The normalized spacial score (nSPS) is 15.2. The molecule has 8 N–H and O–H groups in total. The number of hydrogen-bond donors (Lipinski definition) is 8. The van der Waals surface area contributed by atoms with Crippen molar-refractivity contribution in [3.8, 4) is 51.7 Å². The Labute approximate surface area is 260 Å². The van der Waals surface area contributed by atoms with Crippen molar-refractivity contribution >= 4 is 16.9 Å². The van der Waals surface area contributed by atoms with Crippen LogP contribution >= 0.6 is 0 Å². The highest BCUT2D eigenvalue weighted by Gasteiger charge is 2.37. The number of para-hydroxylation sites is 1. The van der Waals surface area contributed by atoms with Gasteiger partial charge in [0, 0.05) is 41.1 Å². The van der Waals surface area contributed by atoms with Crippen LogP contribution in [0.3, 0.4) is 0 Å². The predicted molar refractivity (Wildman–Crippen MR) is 163 cm³/mol. The van der Waals surface area contributed by atoms with Gasteiger partial charge in [-0.25, -0.2) is 4.79 Å². The van der Waals surface area contributed by atoms with Crippen LogP contribution in [0.1, 0.15) is 33.2 Å². The Morgan fingerprint density at radius 3 is 2.24 bits per heavy atom. The molecule has 2 atom stereocenters. The van der Waals surface area contributed by atoms with Gasteiger partial charge in [-0.1, -0.05) is 18.2 Å². The van der Waals surface area contributed by atoms with Gasteiger partial charge in [-0.15, -0.1) is 0 Å². The van der Waals surface area contributed by atoms with Gasteiger partial charge in [0.15, 0.2) is 34.9 Å². The molecule has 46 heavy (non-hydrogen) atoms. The molecule has 0 bridgehead atoms. The van der Waals surface area contributed by atoms with E-state index in [-0.39, 0.29) is 46.1 Å². The number of aryl methyl sites for hydroxylation is 1. The van der Waals surface area contributed by atoms with E-state index in [1.165, 1.54) is 24.3 Å². The Hall–Kier alpha value is -6.24. The average Bonchev–Trinajstić information content (AvgIpc) is 3.01. The van der Waals surface area contributed by atoms with Gasteiger partial charge in [0.1, 0.15) is 29.1 Å². The molecule has 0 aliphatic carbocycles. The van der Waals surface area contributed by atoms with Crippen molar-refractivity contribution in [2.24, 2.45) is 0 Å². The molecule has 0 saturated carbocycles. The van der Waals surface area contributed by atoms with Crippen molar-refractivity contribution in [2.45, 2.75) is 25.6 Å². The zero-order valence-electron chi connectivity index (χ0n) is 24.4.